The van der Waals surface area contributed by atoms with Crippen LogP contribution in [0.3, 0.4) is 0 Å². The van der Waals surface area contributed by atoms with Gasteiger partial charge in [0.05, 0.1) is 41.4 Å². The molecule has 0 atom stereocenters. The van der Waals surface area contributed by atoms with Gasteiger partial charge in [0.25, 0.3) is 5.91 Å². The maximum atomic E-state index is 16.0. The smallest absolute Gasteiger partial charge is 0.435 e. The van der Waals surface area contributed by atoms with Crippen LogP contribution in [-0.4, -0.2) is 98.3 Å². The van der Waals surface area contributed by atoms with Crippen LogP contribution < -0.4 is 5.32 Å². The summed E-state index contributed by atoms with van der Waals surface area (Å²) >= 11 is 0. The number of carbonyl (C=O) groups is 5. The lowest BCUT2D eigenvalue weighted by Gasteiger charge is -2.29. The summed E-state index contributed by atoms with van der Waals surface area (Å²) in [5.74, 6) is -1.98. The molecular formula is C39H51FN6O9. The molecule has 3 amide bonds. The van der Waals surface area contributed by atoms with Crippen molar-refractivity contribution in [3.8, 4) is 11.1 Å². The molecule has 2 aromatic heterocycles. The standard InChI is InChI=1S/C39H51FN6O9/c1-13-52-33(48)26-16-22(2)41-29(26)19-25-24-17-23(18-28(40)31(24)42-32(25)47)27-20-46(36(51)55-39(9,10)11)43-30(27)21-45(35(50)54-38(6,7)8)15-14-44(12)34(49)53-37(3,4)5/h16-20,41H,13-15,21H2,1-12H3,(H,42,47)/b25-19-. The summed E-state index contributed by atoms with van der Waals surface area (Å²) in [5.41, 5.74) is -0.619. The number of aryl methyl sites for hydroxylation is 1. The molecule has 1 aromatic carbocycles. The van der Waals surface area contributed by atoms with Gasteiger partial charge in [0.15, 0.2) is 0 Å². The van der Waals surface area contributed by atoms with E-state index in [1.165, 1.54) is 35.2 Å². The lowest BCUT2D eigenvalue weighted by molar-refractivity contribution is -0.110. The van der Waals surface area contributed by atoms with Crippen LogP contribution >= 0.6 is 0 Å². The molecule has 0 aliphatic carbocycles. The van der Waals surface area contributed by atoms with Crippen LogP contribution in [0, 0.1) is 12.7 Å². The van der Waals surface area contributed by atoms with Crippen molar-refractivity contribution < 1.29 is 47.3 Å². The summed E-state index contributed by atoms with van der Waals surface area (Å²) in [5, 5.41) is 7.05. The number of halogens is 1. The van der Waals surface area contributed by atoms with Crippen LogP contribution in [0.15, 0.2) is 24.4 Å². The van der Waals surface area contributed by atoms with E-state index in [0.29, 0.717) is 11.4 Å². The number of benzene rings is 1. The molecule has 15 nitrogen and oxygen atoms in total. The van der Waals surface area contributed by atoms with E-state index in [2.05, 4.69) is 15.4 Å². The highest BCUT2D eigenvalue weighted by molar-refractivity contribution is 6.35. The number of anilines is 1. The highest BCUT2D eigenvalue weighted by atomic mass is 19.1. The Morgan fingerprint density at radius 1 is 0.891 bits per heavy atom. The number of carbonyl (C=O) groups excluding carboxylic acids is 5. The average molecular weight is 767 g/mol. The first-order valence-electron chi connectivity index (χ1n) is 17.8. The summed E-state index contributed by atoms with van der Waals surface area (Å²) in [6, 6.07) is 4.32. The Hall–Kier alpha value is -5.67. The minimum Gasteiger partial charge on any atom is -0.462 e. The second-order valence-electron chi connectivity index (χ2n) is 16.1. The van der Waals surface area contributed by atoms with Crippen LogP contribution in [0.1, 0.15) is 102 Å². The molecule has 0 saturated carbocycles. The predicted octanol–water partition coefficient (Wildman–Crippen LogP) is 7.38. The predicted molar refractivity (Wildman–Crippen MR) is 203 cm³/mol. The Kier molecular flexibility index (Phi) is 12.2. The lowest BCUT2D eigenvalue weighted by Crippen LogP contribution is -2.43. The number of H-pyrrole nitrogens is 1. The van der Waals surface area contributed by atoms with E-state index in [1.54, 1.807) is 88.3 Å². The van der Waals surface area contributed by atoms with Crippen molar-refractivity contribution in [1.29, 1.82) is 0 Å². The largest absolute Gasteiger partial charge is 0.462 e. The number of esters is 1. The van der Waals surface area contributed by atoms with Crippen LogP contribution in [0.25, 0.3) is 22.8 Å². The number of fused-ring (bicyclic) bond motifs is 1. The molecule has 1 aliphatic rings. The van der Waals surface area contributed by atoms with Crippen molar-refractivity contribution in [3.05, 3.63) is 58.4 Å². The van der Waals surface area contributed by atoms with Crippen LogP contribution in [0.2, 0.25) is 0 Å². The van der Waals surface area contributed by atoms with Gasteiger partial charge in [-0.25, -0.2) is 23.6 Å². The molecule has 0 saturated heterocycles. The number of amides is 3. The van der Waals surface area contributed by atoms with E-state index in [9.17, 15) is 24.0 Å². The van der Waals surface area contributed by atoms with Crippen molar-refractivity contribution in [2.24, 2.45) is 0 Å². The van der Waals surface area contributed by atoms with Crippen molar-refractivity contribution in [1.82, 2.24) is 24.6 Å². The van der Waals surface area contributed by atoms with Gasteiger partial charge in [0.2, 0.25) is 0 Å². The third kappa shape index (κ3) is 11.0. The zero-order valence-corrected chi connectivity index (χ0v) is 33.6. The molecule has 2 N–H and O–H groups in total. The number of nitrogens with one attached hydrogen (secondary N) is 2. The summed E-state index contributed by atoms with van der Waals surface area (Å²) in [4.78, 5) is 71.3. The highest BCUT2D eigenvalue weighted by Gasteiger charge is 2.32. The monoisotopic (exact) mass is 766 g/mol. The molecular weight excluding hydrogens is 715 g/mol. The topological polar surface area (TPSA) is 174 Å². The summed E-state index contributed by atoms with van der Waals surface area (Å²) < 4.78 is 38.8. The minimum absolute atomic E-state index is 0.0361. The molecule has 0 fully saturated rings. The Bertz CT molecular complexity index is 2010. The van der Waals surface area contributed by atoms with E-state index in [4.69, 9.17) is 18.9 Å². The van der Waals surface area contributed by atoms with E-state index in [-0.39, 0.29) is 65.4 Å². The Morgan fingerprint density at radius 3 is 2.11 bits per heavy atom. The third-order valence-electron chi connectivity index (χ3n) is 7.72. The number of rotatable bonds is 9. The van der Waals surface area contributed by atoms with Crippen LogP contribution in [0.5, 0.6) is 0 Å². The van der Waals surface area contributed by atoms with Gasteiger partial charge in [-0.1, -0.05) is 0 Å². The Morgan fingerprint density at radius 2 is 1.51 bits per heavy atom. The van der Waals surface area contributed by atoms with E-state index >= 15 is 4.39 Å². The second-order valence-corrected chi connectivity index (χ2v) is 16.1. The van der Waals surface area contributed by atoms with Crippen molar-refractivity contribution >= 4 is 47.5 Å². The molecule has 16 heteroatoms. The number of likely N-dealkylation sites (N-methyl/N-ethyl adjacent to an activating group) is 1. The number of hydrogen-bond donors (Lipinski definition) is 2. The van der Waals surface area contributed by atoms with Crippen molar-refractivity contribution in [2.45, 2.75) is 99.5 Å². The van der Waals surface area contributed by atoms with Gasteiger partial charge in [-0.05, 0) is 106 Å². The first kappa shape index (κ1) is 42.1. The summed E-state index contributed by atoms with van der Waals surface area (Å²) in [7, 11) is 1.53. The lowest BCUT2D eigenvalue weighted by atomic mass is 9.98. The second kappa shape index (κ2) is 16.0. The van der Waals surface area contributed by atoms with Gasteiger partial charge in [-0.15, -0.1) is 0 Å². The fourth-order valence-corrected chi connectivity index (χ4v) is 5.41. The van der Waals surface area contributed by atoms with Gasteiger partial charge in [-0.2, -0.15) is 9.78 Å². The number of ether oxygens (including phenoxy) is 4. The molecule has 3 heterocycles. The first-order chi connectivity index (χ1) is 25.4. The summed E-state index contributed by atoms with van der Waals surface area (Å²) in [6.45, 7) is 18.7. The molecule has 0 unspecified atom stereocenters. The number of hydrogen-bond acceptors (Lipinski definition) is 10. The van der Waals surface area contributed by atoms with Gasteiger partial charge in [0, 0.05) is 43.2 Å². The number of aromatic nitrogens is 3. The number of nitrogens with zero attached hydrogens (tertiary/aromatic N) is 4. The molecule has 3 aromatic rings. The Labute approximate surface area is 320 Å². The molecule has 55 heavy (non-hydrogen) atoms. The Balaban J connectivity index is 1.83. The summed E-state index contributed by atoms with van der Waals surface area (Å²) in [6.07, 6.45) is 0.629. The van der Waals surface area contributed by atoms with Crippen molar-refractivity contribution in [2.75, 3.05) is 32.1 Å². The van der Waals surface area contributed by atoms with Gasteiger partial charge >= 0.3 is 24.2 Å². The molecule has 1 aliphatic heterocycles. The molecule has 298 valence electrons. The van der Waals surface area contributed by atoms with E-state index in [1.807, 2.05) is 0 Å². The minimum atomic E-state index is -0.888. The van der Waals surface area contributed by atoms with E-state index < -0.39 is 52.8 Å². The highest BCUT2D eigenvalue weighted by Crippen LogP contribution is 2.40. The fraction of sp³-hybridized carbons (Fsp3) is 0.487. The maximum Gasteiger partial charge on any atom is 0.435 e. The van der Waals surface area contributed by atoms with E-state index in [0.717, 1.165) is 4.68 Å². The van der Waals surface area contributed by atoms with Crippen LogP contribution in [-0.2, 0) is 30.3 Å². The first-order valence-corrected chi connectivity index (χ1v) is 17.8. The average Bonchev–Trinajstić information content (AvgIpc) is 3.72. The van der Waals surface area contributed by atoms with Crippen LogP contribution in [0.4, 0.5) is 24.5 Å². The molecule has 0 bridgehead atoms. The SMILES string of the molecule is CCOC(=O)c1cc(C)[nH]c1/C=C1\C(=O)Nc2c(F)cc(-c3cn(C(=O)OC(C)(C)C)nc3CN(CCN(C)C(=O)OC(C)(C)C)C(=O)OC(C)(C)C)cc21. The quantitative estimate of drug-likeness (QED) is 0.127. The third-order valence-corrected chi connectivity index (χ3v) is 7.72. The number of aromatic amines is 1. The zero-order chi connectivity index (χ0) is 41.2. The van der Waals surface area contributed by atoms with Crippen molar-refractivity contribution in [3.63, 3.8) is 0 Å². The maximum absolute atomic E-state index is 16.0. The molecule has 4 rings (SSSR count). The normalized spacial score (nSPS) is 13.6. The van der Waals surface area contributed by atoms with Gasteiger partial charge in [-0.3, -0.25) is 4.79 Å². The fourth-order valence-electron chi connectivity index (χ4n) is 5.41. The van der Waals surface area contributed by atoms with Gasteiger partial charge in [0.1, 0.15) is 22.6 Å². The molecule has 0 spiro atoms. The van der Waals surface area contributed by atoms with Gasteiger partial charge < -0.3 is 39.0 Å². The zero-order valence-electron chi connectivity index (χ0n) is 33.6. The molecule has 0 radical (unpaired) electrons.